The number of nitrogens with two attached hydrogens (primary N) is 2. The molecule has 4 heteroatoms. The van der Waals surface area contributed by atoms with Crippen molar-refractivity contribution in [1.82, 2.24) is 0 Å². The van der Waals surface area contributed by atoms with Gasteiger partial charge in [0.25, 0.3) is 0 Å². The highest BCUT2D eigenvalue weighted by molar-refractivity contribution is 5.79. The molecule has 6 rings (SSSR count). The van der Waals surface area contributed by atoms with E-state index >= 15 is 4.39 Å². The molecule has 2 aromatic rings. The second-order valence-corrected chi connectivity index (χ2v) is 10.8. The fourth-order valence-corrected chi connectivity index (χ4v) is 6.72. The van der Waals surface area contributed by atoms with Crippen LogP contribution < -0.4 is 11.5 Å². The minimum absolute atomic E-state index is 0.0832. The van der Waals surface area contributed by atoms with E-state index in [-0.39, 0.29) is 11.6 Å². The summed E-state index contributed by atoms with van der Waals surface area (Å²) in [5.41, 5.74) is 21.0. The third-order valence-corrected chi connectivity index (χ3v) is 8.95. The fourth-order valence-electron chi connectivity index (χ4n) is 6.72. The summed E-state index contributed by atoms with van der Waals surface area (Å²) in [4.78, 5) is 0. The highest BCUT2D eigenvalue weighted by Gasteiger charge is 2.48. The molecule has 0 saturated heterocycles. The zero-order valence-electron chi connectivity index (χ0n) is 18.8. The second-order valence-electron chi connectivity index (χ2n) is 10.8. The Morgan fingerprint density at radius 2 is 1.66 bits per heavy atom. The fraction of sp³-hybridized carbons (Fsp3) is 0.500. The van der Waals surface area contributed by atoms with Crippen LogP contribution in [0.2, 0.25) is 0 Å². The first kappa shape index (κ1) is 20.3. The maximum Gasteiger partial charge on any atom is 0.127 e. The number of rotatable bonds is 5. The van der Waals surface area contributed by atoms with Gasteiger partial charge in [-0.3, -0.25) is 0 Å². The molecule has 4 aliphatic rings. The SMILES string of the molecule is C=C(c1cc(F)c2c(c1N)CCC2)C1CC1C1Cc2c(F)cc(C(C)C3CC3)c(N)c2C1. The molecular weight excluding hydrogens is 402 g/mol. The van der Waals surface area contributed by atoms with Gasteiger partial charge in [-0.25, -0.2) is 8.78 Å². The molecule has 4 aliphatic carbocycles. The van der Waals surface area contributed by atoms with Crippen LogP contribution in [-0.2, 0) is 25.7 Å². The number of fused-ring (bicyclic) bond motifs is 2. The molecule has 32 heavy (non-hydrogen) atoms. The Balaban J connectivity index is 1.22. The van der Waals surface area contributed by atoms with Gasteiger partial charge in [0.05, 0.1) is 0 Å². The average molecular weight is 435 g/mol. The first-order chi connectivity index (χ1) is 15.3. The third-order valence-electron chi connectivity index (χ3n) is 8.95. The van der Waals surface area contributed by atoms with Crippen molar-refractivity contribution < 1.29 is 8.78 Å². The van der Waals surface area contributed by atoms with Crippen LogP contribution in [0.1, 0.15) is 71.9 Å². The van der Waals surface area contributed by atoms with Crippen LogP contribution in [0.4, 0.5) is 20.2 Å². The van der Waals surface area contributed by atoms with Gasteiger partial charge in [-0.2, -0.15) is 0 Å². The molecule has 168 valence electrons. The molecule has 2 fully saturated rings. The minimum Gasteiger partial charge on any atom is -0.398 e. The Morgan fingerprint density at radius 3 is 2.41 bits per heavy atom. The first-order valence-corrected chi connectivity index (χ1v) is 12.2. The Kier molecular flexibility index (Phi) is 4.48. The molecule has 4 N–H and O–H groups in total. The minimum atomic E-state index is -0.138. The molecule has 0 aromatic heterocycles. The van der Waals surface area contributed by atoms with E-state index in [0.717, 1.165) is 88.9 Å². The summed E-state index contributed by atoms with van der Waals surface area (Å²) < 4.78 is 29.7. The van der Waals surface area contributed by atoms with E-state index < -0.39 is 0 Å². The summed E-state index contributed by atoms with van der Waals surface area (Å²) >= 11 is 0. The summed E-state index contributed by atoms with van der Waals surface area (Å²) in [6.45, 7) is 6.52. The Hall–Kier alpha value is -2.36. The van der Waals surface area contributed by atoms with E-state index in [9.17, 15) is 4.39 Å². The lowest BCUT2D eigenvalue weighted by atomic mass is 9.90. The van der Waals surface area contributed by atoms with E-state index in [1.165, 1.54) is 12.8 Å². The van der Waals surface area contributed by atoms with Crippen molar-refractivity contribution >= 4 is 16.9 Å². The summed E-state index contributed by atoms with van der Waals surface area (Å²) in [5, 5.41) is 0. The van der Waals surface area contributed by atoms with E-state index in [1.54, 1.807) is 12.1 Å². The van der Waals surface area contributed by atoms with Crippen molar-refractivity contribution in [1.29, 1.82) is 0 Å². The standard InChI is InChI=1S/C28H32F2N2/c1-13(15-6-7-15)20-11-26(30)23-8-16(9-24(23)28(20)32)22-10-19(22)14(2)21-12-25(29)17-4-3-5-18(17)27(21)31/h11-13,15-16,19,22H,2-10,31-32H2,1H3. The summed E-state index contributed by atoms with van der Waals surface area (Å²) in [5.74, 6) is 1.87. The van der Waals surface area contributed by atoms with Gasteiger partial charge in [0, 0.05) is 16.9 Å². The van der Waals surface area contributed by atoms with Gasteiger partial charge >= 0.3 is 0 Å². The topological polar surface area (TPSA) is 52.0 Å². The van der Waals surface area contributed by atoms with Gasteiger partial charge in [0.2, 0.25) is 0 Å². The first-order valence-electron chi connectivity index (χ1n) is 12.2. The van der Waals surface area contributed by atoms with Crippen molar-refractivity contribution in [3.8, 4) is 0 Å². The zero-order valence-corrected chi connectivity index (χ0v) is 18.8. The van der Waals surface area contributed by atoms with Crippen LogP contribution in [-0.4, -0.2) is 0 Å². The van der Waals surface area contributed by atoms with Gasteiger partial charge in [-0.1, -0.05) is 13.5 Å². The van der Waals surface area contributed by atoms with Crippen LogP contribution >= 0.6 is 0 Å². The van der Waals surface area contributed by atoms with Crippen molar-refractivity contribution in [3.63, 3.8) is 0 Å². The van der Waals surface area contributed by atoms with Crippen molar-refractivity contribution in [2.75, 3.05) is 11.5 Å². The zero-order chi connectivity index (χ0) is 22.3. The van der Waals surface area contributed by atoms with Gasteiger partial charge < -0.3 is 11.5 Å². The number of anilines is 2. The number of nitrogen functional groups attached to an aromatic ring is 2. The molecule has 0 amide bonds. The normalized spacial score (nSPS) is 26.7. The van der Waals surface area contributed by atoms with Crippen LogP contribution in [0.5, 0.6) is 0 Å². The highest BCUT2D eigenvalue weighted by atomic mass is 19.1. The maximum absolute atomic E-state index is 15.0. The average Bonchev–Trinajstić information content (AvgIpc) is 3.68. The molecule has 0 spiro atoms. The highest BCUT2D eigenvalue weighted by Crippen LogP contribution is 2.57. The number of benzene rings is 2. The van der Waals surface area contributed by atoms with Gasteiger partial charge in [-0.15, -0.1) is 0 Å². The van der Waals surface area contributed by atoms with Gasteiger partial charge in [0.15, 0.2) is 0 Å². The molecule has 0 heterocycles. The quantitative estimate of drug-likeness (QED) is 0.551. The maximum atomic E-state index is 15.0. The Labute approximate surface area is 189 Å². The van der Waals surface area contributed by atoms with E-state index in [4.69, 9.17) is 11.5 Å². The molecule has 4 unspecified atom stereocenters. The number of allylic oxidation sites excluding steroid dienone is 1. The van der Waals surface area contributed by atoms with Crippen LogP contribution in [0.15, 0.2) is 18.7 Å². The van der Waals surface area contributed by atoms with Gasteiger partial charge in [-0.05, 0) is 126 Å². The Bertz CT molecular complexity index is 1150. The van der Waals surface area contributed by atoms with Crippen LogP contribution in [0, 0.1) is 35.3 Å². The van der Waals surface area contributed by atoms with Crippen molar-refractivity contribution in [2.45, 2.75) is 64.2 Å². The van der Waals surface area contributed by atoms with Crippen LogP contribution in [0.25, 0.3) is 5.57 Å². The monoisotopic (exact) mass is 434 g/mol. The summed E-state index contributed by atoms with van der Waals surface area (Å²) in [6.07, 6.45) is 7.64. The lowest BCUT2D eigenvalue weighted by molar-refractivity contribution is 0.471. The lowest BCUT2D eigenvalue weighted by Crippen LogP contribution is -2.07. The number of hydrogen-bond acceptors (Lipinski definition) is 2. The molecule has 2 saturated carbocycles. The molecule has 2 nitrogen and oxygen atoms in total. The molecule has 4 atom stereocenters. The summed E-state index contributed by atoms with van der Waals surface area (Å²) in [7, 11) is 0. The second kappa shape index (κ2) is 7.07. The van der Waals surface area contributed by atoms with Crippen molar-refractivity contribution in [3.05, 3.63) is 63.7 Å². The largest absolute Gasteiger partial charge is 0.398 e. The Morgan fingerprint density at radius 1 is 0.969 bits per heavy atom. The lowest BCUT2D eigenvalue weighted by Gasteiger charge is -2.17. The molecule has 2 aromatic carbocycles. The number of halogens is 2. The van der Waals surface area contributed by atoms with Gasteiger partial charge in [0.1, 0.15) is 11.6 Å². The predicted octanol–water partition coefficient (Wildman–Crippen LogP) is 6.20. The molecule has 0 radical (unpaired) electrons. The van der Waals surface area contributed by atoms with E-state index in [0.29, 0.717) is 29.6 Å². The molecular formula is C28H32F2N2. The van der Waals surface area contributed by atoms with Crippen LogP contribution in [0.3, 0.4) is 0 Å². The van der Waals surface area contributed by atoms with E-state index in [1.807, 2.05) is 0 Å². The third kappa shape index (κ3) is 3.02. The smallest absolute Gasteiger partial charge is 0.127 e. The molecule has 0 aliphatic heterocycles. The molecule has 0 bridgehead atoms. The van der Waals surface area contributed by atoms with E-state index in [2.05, 4.69) is 13.5 Å². The number of hydrogen-bond donors (Lipinski definition) is 2. The predicted molar refractivity (Wildman–Crippen MR) is 126 cm³/mol. The summed E-state index contributed by atoms with van der Waals surface area (Å²) in [6, 6.07) is 3.31. The van der Waals surface area contributed by atoms with Crippen molar-refractivity contribution in [2.24, 2.45) is 23.7 Å².